The second-order valence-corrected chi connectivity index (χ2v) is 7.18. The minimum atomic E-state index is -0.274. The van der Waals surface area contributed by atoms with E-state index in [-0.39, 0.29) is 5.91 Å². The molecule has 1 amide bonds. The van der Waals surface area contributed by atoms with E-state index in [1.165, 1.54) is 24.1 Å². The van der Waals surface area contributed by atoms with Crippen LogP contribution in [0, 0.1) is 5.41 Å². The molecule has 0 unspecified atom stereocenters. The Kier molecular flexibility index (Phi) is 7.23. The van der Waals surface area contributed by atoms with Crippen LogP contribution in [0.5, 0.6) is 0 Å². The molecule has 31 heavy (non-hydrogen) atoms. The fourth-order valence-corrected chi connectivity index (χ4v) is 3.24. The maximum atomic E-state index is 11.6. The summed E-state index contributed by atoms with van der Waals surface area (Å²) in [6.07, 6.45) is 6.21. The van der Waals surface area contributed by atoms with E-state index in [1.54, 1.807) is 12.3 Å². The summed E-state index contributed by atoms with van der Waals surface area (Å²) < 4.78 is 0. The molecule has 1 heterocycles. The van der Waals surface area contributed by atoms with E-state index in [1.807, 2.05) is 49.7 Å². The molecule has 0 atom stereocenters. The van der Waals surface area contributed by atoms with Crippen LogP contribution in [0.15, 0.2) is 66.2 Å². The summed E-state index contributed by atoms with van der Waals surface area (Å²) in [6, 6.07) is 13.0. The van der Waals surface area contributed by atoms with Gasteiger partial charge in [0.05, 0.1) is 4.90 Å². The average Bonchev–Trinajstić information content (AvgIpc) is 2.79. The Morgan fingerprint density at radius 1 is 1.13 bits per heavy atom. The third-order valence-electron chi connectivity index (χ3n) is 4.29. The molecule has 3 rings (SSSR count). The van der Waals surface area contributed by atoms with Gasteiger partial charge in [-0.1, -0.05) is 12.6 Å². The van der Waals surface area contributed by atoms with Gasteiger partial charge in [0.15, 0.2) is 0 Å². The van der Waals surface area contributed by atoms with Gasteiger partial charge in [-0.05, 0) is 48.7 Å². The zero-order valence-electron chi connectivity index (χ0n) is 17.2. The summed E-state index contributed by atoms with van der Waals surface area (Å²) in [4.78, 5) is 21.4. The first-order valence-corrected chi connectivity index (χ1v) is 10.6. The van der Waals surface area contributed by atoms with Gasteiger partial charge in [-0.3, -0.25) is 4.79 Å². The van der Waals surface area contributed by atoms with Crippen LogP contribution in [0.2, 0.25) is 0 Å². The quantitative estimate of drug-likeness (QED) is 0.186. The molecule has 158 valence electrons. The van der Waals surface area contributed by atoms with E-state index in [4.69, 9.17) is 5.41 Å². The maximum absolute atomic E-state index is 11.6. The van der Waals surface area contributed by atoms with Crippen molar-refractivity contribution in [3.05, 3.63) is 66.9 Å². The van der Waals surface area contributed by atoms with Gasteiger partial charge < -0.3 is 26.7 Å². The van der Waals surface area contributed by atoms with Gasteiger partial charge >= 0.3 is 0 Å². The molecule has 0 spiro atoms. The highest BCUT2D eigenvalue weighted by Gasteiger charge is 2.09. The minimum absolute atomic E-state index is 0.274. The van der Waals surface area contributed by atoms with E-state index in [0.717, 1.165) is 27.5 Å². The van der Waals surface area contributed by atoms with Gasteiger partial charge in [-0.15, -0.1) is 11.8 Å². The summed E-state index contributed by atoms with van der Waals surface area (Å²) in [5.41, 5.74) is 3.81. The van der Waals surface area contributed by atoms with Crippen LogP contribution in [-0.2, 0) is 4.79 Å². The first-order valence-electron chi connectivity index (χ1n) is 9.37. The number of hydrogen-bond donors (Lipinski definition) is 5. The number of nitrogens with one attached hydrogen (secondary N) is 5. The van der Waals surface area contributed by atoms with E-state index in [9.17, 15) is 4.79 Å². The van der Waals surface area contributed by atoms with Crippen molar-refractivity contribution in [1.29, 1.82) is 5.41 Å². The van der Waals surface area contributed by atoms with Crippen LogP contribution >= 0.6 is 11.8 Å². The molecule has 0 bridgehead atoms. The SMILES string of the molecule is C=CC(=O)Nc1cccc(Nc2nc(Nc3ccc(NC)c(C=N)c3)ncc2SC)c1. The van der Waals surface area contributed by atoms with Crippen LogP contribution in [0.3, 0.4) is 0 Å². The third-order valence-corrected chi connectivity index (χ3v) is 5.02. The molecule has 0 aliphatic carbocycles. The fourth-order valence-electron chi connectivity index (χ4n) is 2.79. The highest BCUT2D eigenvalue weighted by molar-refractivity contribution is 7.98. The largest absolute Gasteiger partial charge is 0.388 e. The molecule has 0 aliphatic heterocycles. The Labute approximate surface area is 185 Å². The Hall–Kier alpha value is -3.85. The Bertz CT molecular complexity index is 1120. The molecular weight excluding hydrogens is 410 g/mol. The molecular formula is C22H23N7OS. The molecule has 8 nitrogen and oxygen atoms in total. The molecule has 0 saturated carbocycles. The number of anilines is 6. The van der Waals surface area contributed by atoms with Crippen LogP contribution < -0.4 is 21.3 Å². The number of nitrogens with zero attached hydrogens (tertiary/aromatic N) is 2. The molecule has 0 radical (unpaired) electrons. The Balaban J connectivity index is 1.84. The highest BCUT2D eigenvalue weighted by Crippen LogP contribution is 2.29. The van der Waals surface area contributed by atoms with Crippen molar-refractivity contribution < 1.29 is 4.79 Å². The van der Waals surface area contributed by atoms with E-state index >= 15 is 0 Å². The van der Waals surface area contributed by atoms with Crippen LogP contribution in [0.4, 0.5) is 34.5 Å². The zero-order valence-corrected chi connectivity index (χ0v) is 18.0. The lowest BCUT2D eigenvalue weighted by Crippen LogP contribution is -2.07. The fraction of sp³-hybridized carbons (Fsp3) is 0.0909. The molecule has 0 aliphatic rings. The number of rotatable bonds is 9. The third kappa shape index (κ3) is 5.61. The molecule has 0 fully saturated rings. The van der Waals surface area contributed by atoms with Crippen LogP contribution in [-0.4, -0.2) is 35.4 Å². The van der Waals surface area contributed by atoms with E-state index in [2.05, 4.69) is 37.8 Å². The lowest BCUT2D eigenvalue weighted by atomic mass is 10.1. The predicted molar refractivity (Wildman–Crippen MR) is 130 cm³/mol. The van der Waals surface area contributed by atoms with E-state index in [0.29, 0.717) is 17.5 Å². The minimum Gasteiger partial charge on any atom is -0.388 e. The standard InChI is InChI=1S/C22H23N7OS/c1-4-20(30)26-15-6-5-7-16(11-15)27-21-19(31-3)13-25-22(29-21)28-17-8-9-18(24-2)14(10-17)12-23/h4-13,23-24H,1H2,2-3H3,(H,26,30)(H2,25,27,28,29). The zero-order chi connectivity index (χ0) is 22.2. The number of carbonyl (C=O) groups is 1. The normalized spacial score (nSPS) is 10.1. The van der Waals surface area contributed by atoms with Crippen LogP contribution in [0.25, 0.3) is 0 Å². The lowest BCUT2D eigenvalue weighted by molar-refractivity contribution is -0.111. The first-order chi connectivity index (χ1) is 15.1. The molecule has 3 aromatic rings. The summed E-state index contributed by atoms with van der Waals surface area (Å²) in [5.74, 6) is 0.782. The van der Waals surface area contributed by atoms with Gasteiger partial charge in [-0.2, -0.15) is 4.98 Å². The molecule has 0 saturated heterocycles. The monoisotopic (exact) mass is 433 g/mol. The van der Waals surface area contributed by atoms with Gasteiger partial charge in [0, 0.05) is 47.8 Å². The summed E-state index contributed by atoms with van der Waals surface area (Å²) in [6.45, 7) is 3.46. The lowest BCUT2D eigenvalue weighted by Gasteiger charge is -2.13. The Morgan fingerprint density at radius 3 is 2.61 bits per heavy atom. The Morgan fingerprint density at radius 2 is 1.90 bits per heavy atom. The number of thioether (sulfide) groups is 1. The van der Waals surface area contributed by atoms with Gasteiger partial charge in [0.2, 0.25) is 11.9 Å². The van der Waals surface area contributed by atoms with Gasteiger partial charge in [0.25, 0.3) is 0 Å². The van der Waals surface area contributed by atoms with Crippen molar-refractivity contribution in [1.82, 2.24) is 9.97 Å². The number of aromatic nitrogens is 2. The van der Waals surface area contributed by atoms with E-state index < -0.39 is 0 Å². The first kappa shape index (κ1) is 21.8. The van der Waals surface area contributed by atoms with Crippen molar-refractivity contribution in [2.75, 3.05) is 34.6 Å². The number of hydrogen-bond acceptors (Lipinski definition) is 8. The van der Waals surface area contributed by atoms with Gasteiger partial charge in [0.1, 0.15) is 5.82 Å². The maximum Gasteiger partial charge on any atom is 0.247 e. The highest BCUT2D eigenvalue weighted by atomic mass is 32.2. The van der Waals surface area contributed by atoms with Crippen molar-refractivity contribution >= 4 is 58.4 Å². The molecule has 5 N–H and O–H groups in total. The van der Waals surface area contributed by atoms with Crippen molar-refractivity contribution in [2.45, 2.75) is 4.90 Å². The summed E-state index contributed by atoms with van der Waals surface area (Å²) in [5, 5.41) is 19.8. The number of benzene rings is 2. The average molecular weight is 434 g/mol. The summed E-state index contributed by atoms with van der Waals surface area (Å²) >= 11 is 1.52. The van der Waals surface area contributed by atoms with Gasteiger partial charge in [-0.25, -0.2) is 4.98 Å². The van der Waals surface area contributed by atoms with Crippen LogP contribution in [0.1, 0.15) is 5.56 Å². The molecule has 2 aromatic carbocycles. The number of carbonyl (C=O) groups excluding carboxylic acids is 1. The smallest absolute Gasteiger partial charge is 0.247 e. The second-order valence-electron chi connectivity index (χ2n) is 6.33. The van der Waals surface area contributed by atoms with Crippen molar-refractivity contribution in [2.24, 2.45) is 0 Å². The molecule has 9 heteroatoms. The molecule has 1 aromatic heterocycles. The van der Waals surface area contributed by atoms with Crippen molar-refractivity contribution in [3.8, 4) is 0 Å². The number of amides is 1. The summed E-state index contributed by atoms with van der Waals surface area (Å²) in [7, 11) is 1.81. The van der Waals surface area contributed by atoms with Crippen molar-refractivity contribution in [3.63, 3.8) is 0 Å². The predicted octanol–water partition coefficient (Wildman–Crippen LogP) is 4.85. The topological polar surface area (TPSA) is 115 Å². The second kappa shape index (κ2) is 10.3.